The summed E-state index contributed by atoms with van der Waals surface area (Å²) in [6.45, 7) is 4.69. The summed E-state index contributed by atoms with van der Waals surface area (Å²) in [6, 6.07) is 2.38. The molecule has 0 fully saturated rings. The highest BCUT2D eigenvalue weighted by Crippen LogP contribution is 2.20. The van der Waals surface area contributed by atoms with E-state index in [1.165, 1.54) is 13.0 Å². The molecular weight excluding hydrogens is 271 g/mol. The van der Waals surface area contributed by atoms with Gasteiger partial charge in [0.2, 0.25) is 10.0 Å². The summed E-state index contributed by atoms with van der Waals surface area (Å²) in [7, 11) is -3.66. The molecule has 0 saturated carbocycles. The van der Waals surface area contributed by atoms with E-state index in [0.717, 1.165) is 6.07 Å². The first-order chi connectivity index (χ1) is 8.88. The minimum atomic E-state index is -3.66. The number of sulfonamides is 1. The molecular formula is C12H19FN2O3S. The minimum Gasteiger partial charge on any atom is -0.396 e. The summed E-state index contributed by atoms with van der Waals surface area (Å²) in [4.78, 5) is -0.0275. The molecule has 0 aliphatic carbocycles. The van der Waals surface area contributed by atoms with Gasteiger partial charge in [-0.25, -0.2) is 17.5 Å². The summed E-state index contributed by atoms with van der Waals surface area (Å²) in [5.74, 6) is -0.588. The lowest BCUT2D eigenvalue weighted by atomic mass is 10.2. The first-order valence-corrected chi connectivity index (χ1v) is 7.50. The SMILES string of the molecule is CCOCCCNS(=O)(=O)c1cc(C)c(F)c(N)c1. The van der Waals surface area contributed by atoms with E-state index >= 15 is 0 Å². The number of halogens is 1. The average molecular weight is 290 g/mol. The van der Waals surface area contributed by atoms with E-state index < -0.39 is 15.8 Å². The van der Waals surface area contributed by atoms with Crippen molar-refractivity contribution < 1.29 is 17.5 Å². The lowest BCUT2D eigenvalue weighted by Crippen LogP contribution is -2.26. The van der Waals surface area contributed by atoms with E-state index in [-0.39, 0.29) is 22.7 Å². The summed E-state index contributed by atoms with van der Waals surface area (Å²) in [6.07, 6.45) is 0.572. The van der Waals surface area contributed by atoms with Crippen LogP contribution in [0.3, 0.4) is 0 Å². The standard InChI is InChI=1S/C12H19FN2O3S/c1-3-18-6-4-5-15-19(16,17)10-7-9(2)12(13)11(14)8-10/h7-8,15H,3-6,14H2,1-2H3. The van der Waals surface area contributed by atoms with Gasteiger partial charge in [-0.2, -0.15) is 0 Å². The molecule has 5 nitrogen and oxygen atoms in total. The van der Waals surface area contributed by atoms with Gasteiger partial charge in [0.15, 0.2) is 0 Å². The van der Waals surface area contributed by atoms with Gasteiger partial charge in [-0.1, -0.05) is 0 Å². The lowest BCUT2D eigenvalue weighted by Gasteiger charge is -2.09. The molecule has 3 N–H and O–H groups in total. The Morgan fingerprint density at radius 3 is 2.68 bits per heavy atom. The zero-order valence-electron chi connectivity index (χ0n) is 11.1. The highest BCUT2D eigenvalue weighted by atomic mass is 32.2. The maximum atomic E-state index is 13.3. The van der Waals surface area contributed by atoms with Crippen LogP contribution in [0.4, 0.5) is 10.1 Å². The highest BCUT2D eigenvalue weighted by molar-refractivity contribution is 7.89. The maximum absolute atomic E-state index is 13.3. The summed E-state index contributed by atoms with van der Waals surface area (Å²) in [5.41, 5.74) is 5.46. The highest BCUT2D eigenvalue weighted by Gasteiger charge is 2.16. The van der Waals surface area contributed by atoms with Crippen LogP contribution in [-0.4, -0.2) is 28.2 Å². The van der Waals surface area contributed by atoms with Crippen molar-refractivity contribution in [1.29, 1.82) is 0 Å². The largest absolute Gasteiger partial charge is 0.396 e. The van der Waals surface area contributed by atoms with Crippen LogP contribution in [0.2, 0.25) is 0 Å². The number of nitrogens with one attached hydrogen (secondary N) is 1. The Morgan fingerprint density at radius 1 is 1.42 bits per heavy atom. The third-order valence-corrected chi connectivity index (χ3v) is 3.97. The van der Waals surface area contributed by atoms with E-state index in [4.69, 9.17) is 10.5 Å². The second-order valence-corrected chi connectivity index (χ2v) is 5.86. The van der Waals surface area contributed by atoms with Crippen molar-refractivity contribution in [1.82, 2.24) is 4.72 Å². The number of anilines is 1. The Kier molecular flexibility index (Phi) is 5.71. The first-order valence-electron chi connectivity index (χ1n) is 6.01. The fourth-order valence-electron chi connectivity index (χ4n) is 1.53. The van der Waals surface area contributed by atoms with E-state index in [0.29, 0.717) is 19.6 Å². The van der Waals surface area contributed by atoms with Crippen LogP contribution in [0.25, 0.3) is 0 Å². The molecule has 0 unspecified atom stereocenters. The molecule has 7 heteroatoms. The van der Waals surface area contributed by atoms with Gasteiger partial charge in [0.1, 0.15) is 5.82 Å². The molecule has 0 saturated heterocycles. The van der Waals surface area contributed by atoms with Crippen molar-refractivity contribution in [3.63, 3.8) is 0 Å². The molecule has 0 bridgehead atoms. The molecule has 19 heavy (non-hydrogen) atoms. The zero-order valence-corrected chi connectivity index (χ0v) is 11.9. The zero-order chi connectivity index (χ0) is 14.5. The monoisotopic (exact) mass is 290 g/mol. The number of nitrogen functional groups attached to an aromatic ring is 1. The van der Waals surface area contributed by atoms with Gasteiger partial charge in [-0.05, 0) is 38.0 Å². The smallest absolute Gasteiger partial charge is 0.240 e. The summed E-state index contributed by atoms with van der Waals surface area (Å²) >= 11 is 0. The van der Waals surface area contributed by atoms with Gasteiger partial charge in [0, 0.05) is 19.8 Å². The van der Waals surface area contributed by atoms with Crippen LogP contribution in [0.1, 0.15) is 18.9 Å². The van der Waals surface area contributed by atoms with Gasteiger partial charge < -0.3 is 10.5 Å². The van der Waals surface area contributed by atoms with Crippen molar-refractivity contribution in [3.8, 4) is 0 Å². The number of hydrogen-bond acceptors (Lipinski definition) is 4. The van der Waals surface area contributed by atoms with E-state index in [1.807, 2.05) is 6.92 Å². The molecule has 1 aromatic rings. The van der Waals surface area contributed by atoms with Crippen LogP contribution >= 0.6 is 0 Å². The third-order valence-electron chi connectivity index (χ3n) is 2.53. The molecule has 0 heterocycles. The number of hydrogen-bond donors (Lipinski definition) is 2. The summed E-state index contributed by atoms with van der Waals surface area (Å²) in [5, 5.41) is 0. The first kappa shape index (κ1) is 15.9. The molecule has 1 aromatic carbocycles. The Labute approximate surface area is 113 Å². The average Bonchev–Trinajstić information content (AvgIpc) is 2.35. The minimum absolute atomic E-state index is 0.0275. The van der Waals surface area contributed by atoms with Crippen molar-refractivity contribution in [3.05, 3.63) is 23.5 Å². The van der Waals surface area contributed by atoms with Crippen LogP contribution < -0.4 is 10.5 Å². The Morgan fingerprint density at radius 2 is 2.11 bits per heavy atom. The normalized spacial score (nSPS) is 11.7. The third kappa shape index (κ3) is 4.45. The van der Waals surface area contributed by atoms with Crippen LogP contribution in [0, 0.1) is 12.7 Å². The van der Waals surface area contributed by atoms with Crippen molar-refractivity contribution >= 4 is 15.7 Å². The number of nitrogens with two attached hydrogens (primary N) is 1. The van der Waals surface area contributed by atoms with Crippen molar-refractivity contribution in [2.24, 2.45) is 0 Å². The molecule has 0 spiro atoms. The fourth-order valence-corrected chi connectivity index (χ4v) is 2.72. The van der Waals surface area contributed by atoms with Crippen LogP contribution in [0.5, 0.6) is 0 Å². The fraction of sp³-hybridized carbons (Fsp3) is 0.500. The maximum Gasteiger partial charge on any atom is 0.240 e. The molecule has 0 radical (unpaired) electrons. The topological polar surface area (TPSA) is 81.4 Å². The molecule has 1 rings (SSSR count). The van der Waals surface area contributed by atoms with Crippen molar-refractivity contribution in [2.45, 2.75) is 25.2 Å². The quantitative estimate of drug-likeness (QED) is 0.588. The number of ether oxygens (including phenoxy) is 1. The van der Waals surface area contributed by atoms with E-state index in [1.54, 1.807) is 0 Å². The van der Waals surface area contributed by atoms with Gasteiger partial charge in [-0.3, -0.25) is 0 Å². The molecule has 0 aromatic heterocycles. The number of benzene rings is 1. The predicted octanol–water partition coefficient (Wildman–Crippen LogP) is 1.42. The van der Waals surface area contributed by atoms with Gasteiger partial charge >= 0.3 is 0 Å². The molecule has 108 valence electrons. The summed E-state index contributed by atoms with van der Waals surface area (Å²) < 4.78 is 44.8. The number of rotatable bonds is 7. The Bertz CT molecular complexity index is 509. The van der Waals surface area contributed by atoms with Crippen LogP contribution in [0.15, 0.2) is 17.0 Å². The lowest BCUT2D eigenvalue weighted by molar-refractivity contribution is 0.146. The predicted molar refractivity (Wildman–Crippen MR) is 71.8 cm³/mol. The van der Waals surface area contributed by atoms with Crippen molar-refractivity contribution in [2.75, 3.05) is 25.5 Å². The second-order valence-electron chi connectivity index (χ2n) is 4.09. The van der Waals surface area contributed by atoms with Crippen LogP contribution in [-0.2, 0) is 14.8 Å². The van der Waals surface area contributed by atoms with E-state index in [9.17, 15) is 12.8 Å². The Hall–Kier alpha value is -1.18. The van der Waals surface area contributed by atoms with Gasteiger partial charge in [0.25, 0.3) is 0 Å². The van der Waals surface area contributed by atoms with Gasteiger partial charge in [0.05, 0.1) is 10.6 Å². The molecule has 0 aliphatic heterocycles. The molecule has 0 atom stereocenters. The number of aryl methyl sites for hydroxylation is 1. The Balaban J connectivity index is 2.72. The second kappa shape index (κ2) is 6.83. The van der Waals surface area contributed by atoms with Gasteiger partial charge in [-0.15, -0.1) is 0 Å². The molecule has 0 amide bonds. The van der Waals surface area contributed by atoms with E-state index in [2.05, 4.69) is 4.72 Å². The molecule has 0 aliphatic rings.